The van der Waals surface area contributed by atoms with Crippen molar-refractivity contribution in [2.75, 3.05) is 0 Å². The summed E-state index contributed by atoms with van der Waals surface area (Å²) in [6.07, 6.45) is 0.635. The number of halogens is 3. The van der Waals surface area contributed by atoms with E-state index in [1.165, 1.54) is 0 Å². The van der Waals surface area contributed by atoms with Gasteiger partial charge in [-0.25, -0.2) is 0 Å². The van der Waals surface area contributed by atoms with Crippen molar-refractivity contribution in [2.24, 2.45) is 5.84 Å². The number of hydrogen-bond donors (Lipinski definition) is 2. The molecule has 0 aliphatic heterocycles. The molecule has 2 nitrogen and oxygen atoms in total. The zero-order valence-electron chi connectivity index (χ0n) is 11.0. The molecule has 1 atom stereocenters. The molecule has 0 saturated heterocycles. The highest BCUT2D eigenvalue weighted by Gasteiger charge is 2.16. The molecule has 0 aromatic heterocycles. The maximum atomic E-state index is 6.35. The molecule has 3 N–H and O–H groups in total. The third-order valence-electron chi connectivity index (χ3n) is 3.24. The van der Waals surface area contributed by atoms with Crippen molar-refractivity contribution in [2.45, 2.75) is 19.4 Å². The molecule has 0 saturated carbocycles. The van der Waals surface area contributed by atoms with Crippen LogP contribution in [0, 0.1) is 6.92 Å². The highest BCUT2D eigenvalue weighted by atomic mass is 35.5. The minimum atomic E-state index is -0.110. The Balaban J connectivity index is 2.31. The predicted octanol–water partition coefficient (Wildman–Crippen LogP) is 4.70. The second-order valence-electron chi connectivity index (χ2n) is 4.64. The quantitative estimate of drug-likeness (QED) is 0.630. The third kappa shape index (κ3) is 3.46. The fraction of sp³-hybridized carbons (Fsp3) is 0.200. The minimum Gasteiger partial charge on any atom is -0.271 e. The molecule has 0 heterocycles. The Morgan fingerprint density at radius 3 is 2.55 bits per heavy atom. The summed E-state index contributed by atoms with van der Waals surface area (Å²) in [6.45, 7) is 1.97. The van der Waals surface area contributed by atoms with Crippen LogP contribution in [-0.4, -0.2) is 0 Å². The smallest absolute Gasteiger partial charge is 0.0515 e. The fourth-order valence-corrected chi connectivity index (χ4v) is 2.85. The Hall–Kier alpha value is -0.770. The minimum absolute atomic E-state index is 0.110. The molecule has 0 radical (unpaired) electrons. The molecule has 0 spiro atoms. The van der Waals surface area contributed by atoms with Gasteiger partial charge in [-0.05, 0) is 42.2 Å². The number of nitrogens with two attached hydrogens (primary N) is 1. The molecular weight excluding hydrogens is 315 g/mol. The first-order valence-corrected chi connectivity index (χ1v) is 7.31. The molecule has 20 heavy (non-hydrogen) atoms. The van der Waals surface area contributed by atoms with Crippen LogP contribution in [0.15, 0.2) is 36.4 Å². The Morgan fingerprint density at radius 1 is 1.15 bits per heavy atom. The van der Waals surface area contributed by atoms with E-state index in [9.17, 15) is 0 Å². The van der Waals surface area contributed by atoms with Crippen LogP contribution in [0.4, 0.5) is 0 Å². The maximum Gasteiger partial charge on any atom is 0.0515 e. The molecular formula is C15H15Cl3N2. The Kier molecular flexibility index (Phi) is 5.30. The zero-order chi connectivity index (χ0) is 14.7. The van der Waals surface area contributed by atoms with Crippen molar-refractivity contribution in [3.63, 3.8) is 0 Å². The van der Waals surface area contributed by atoms with Gasteiger partial charge in [-0.1, -0.05) is 59.1 Å². The predicted molar refractivity (Wildman–Crippen MR) is 86.4 cm³/mol. The van der Waals surface area contributed by atoms with Gasteiger partial charge in [-0.15, -0.1) is 0 Å². The van der Waals surface area contributed by atoms with Gasteiger partial charge in [-0.2, -0.15) is 0 Å². The van der Waals surface area contributed by atoms with Gasteiger partial charge < -0.3 is 0 Å². The summed E-state index contributed by atoms with van der Waals surface area (Å²) in [7, 11) is 0. The number of hydrogen-bond acceptors (Lipinski definition) is 2. The summed E-state index contributed by atoms with van der Waals surface area (Å²) in [6, 6.07) is 11.2. The average Bonchev–Trinajstić information content (AvgIpc) is 2.42. The highest BCUT2D eigenvalue weighted by molar-refractivity contribution is 6.35. The van der Waals surface area contributed by atoms with E-state index >= 15 is 0 Å². The van der Waals surface area contributed by atoms with Gasteiger partial charge in [0.15, 0.2) is 0 Å². The van der Waals surface area contributed by atoms with E-state index in [1.807, 2.05) is 37.3 Å². The second kappa shape index (κ2) is 6.79. The summed E-state index contributed by atoms with van der Waals surface area (Å²) in [5.41, 5.74) is 5.75. The maximum absolute atomic E-state index is 6.35. The number of hydrazine groups is 1. The van der Waals surface area contributed by atoms with E-state index in [1.54, 1.807) is 6.07 Å². The van der Waals surface area contributed by atoms with Crippen molar-refractivity contribution < 1.29 is 0 Å². The molecule has 106 valence electrons. The molecule has 1 unspecified atom stereocenters. The van der Waals surface area contributed by atoms with Crippen LogP contribution in [0.2, 0.25) is 15.1 Å². The molecule has 0 amide bonds. The SMILES string of the molecule is Cc1cccc(C(Cc2ccc(Cl)cc2Cl)NN)c1Cl. The topological polar surface area (TPSA) is 38.0 Å². The van der Waals surface area contributed by atoms with Crippen LogP contribution in [0.1, 0.15) is 22.7 Å². The first-order valence-electron chi connectivity index (χ1n) is 6.18. The van der Waals surface area contributed by atoms with Crippen LogP contribution in [0.25, 0.3) is 0 Å². The monoisotopic (exact) mass is 328 g/mol. The number of aryl methyl sites for hydroxylation is 1. The highest BCUT2D eigenvalue weighted by Crippen LogP contribution is 2.30. The van der Waals surface area contributed by atoms with Crippen LogP contribution in [0.3, 0.4) is 0 Å². The van der Waals surface area contributed by atoms with Crippen molar-refractivity contribution in [1.29, 1.82) is 0 Å². The summed E-state index contributed by atoms with van der Waals surface area (Å²) < 4.78 is 0. The second-order valence-corrected chi connectivity index (χ2v) is 5.86. The van der Waals surface area contributed by atoms with Gasteiger partial charge >= 0.3 is 0 Å². The first-order chi connectivity index (χ1) is 9.52. The van der Waals surface area contributed by atoms with Gasteiger partial charge in [0.05, 0.1) is 6.04 Å². The largest absolute Gasteiger partial charge is 0.271 e. The fourth-order valence-electron chi connectivity index (χ4n) is 2.11. The van der Waals surface area contributed by atoms with Gasteiger partial charge in [-0.3, -0.25) is 11.3 Å². The van der Waals surface area contributed by atoms with Crippen molar-refractivity contribution in [1.82, 2.24) is 5.43 Å². The van der Waals surface area contributed by atoms with Crippen LogP contribution in [-0.2, 0) is 6.42 Å². The molecule has 2 aromatic rings. The standard InChI is InChI=1S/C15H15Cl3N2/c1-9-3-2-4-12(15(9)18)14(20-19)7-10-5-6-11(16)8-13(10)17/h2-6,8,14,20H,7,19H2,1H3. The lowest BCUT2D eigenvalue weighted by Gasteiger charge is -2.19. The van der Waals surface area contributed by atoms with Gasteiger partial charge in [0.25, 0.3) is 0 Å². The molecule has 0 aliphatic carbocycles. The average molecular weight is 330 g/mol. The summed E-state index contributed by atoms with van der Waals surface area (Å²) in [5, 5.41) is 1.96. The third-order valence-corrected chi connectivity index (χ3v) is 4.34. The molecule has 2 rings (SSSR count). The van der Waals surface area contributed by atoms with E-state index in [4.69, 9.17) is 40.6 Å². The molecule has 2 aromatic carbocycles. The summed E-state index contributed by atoms with van der Waals surface area (Å²) in [5.74, 6) is 5.67. The number of nitrogens with one attached hydrogen (secondary N) is 1. The van der Waals surface area contributed by atoms with E-state index in [0.717, 1.165) is 21.7 Å². The number of benzene rings is 2. The summed E-state index contributed by atoms with van der Waals surface area (Å²) >= 11 is 18.5. The van der Waals surface area contributed by atoms with E-state index < -0.39 is 0 Å². The van der Waals surface area contributed by atoms with Gasteiger partial charge in [0, 0.05) is 15.1 Å². The van der Waals surface area contributed by atoms with Crippen LogP contribution >= 0.6 is 34.8 Å². The molecule has 0 bridgehead atoms. The lowest BCUT2D eigenvalue weighted by atomic mass is 9.98. The Bertz CT molecular complexity index is 614. The Morgan fingerprint density at radius 2 is 1.90 bits per heavy atom. The van der Waals surface area contributed by atoms with Crippen LogP contribution in [0.5, 0.6) is 0 Å². The molecule has 0 aliphatic rings. The zero-order valence-corrected chi connectivity index (χ0v) is 13.2. The van der Waals surface area contributed by atoms with Gasteiger partial charge in [0.1, 0.15) is 0 Å². The van der Waals surface area contributed by atoms with Crippen molar-refractivity contribution in [3.8, 4) is 0 Å². The van der Waals surface area contributed by atoms with Gasteiger partial charge in [0.2, 0.25) is 0 Å². The Labute approximate surface area is 133 Å². The lowest BCUT2D eigenvalue weighted by Crippen LogP contribution is -2.30. The van der Waals surface area contributed by atoms with E-state index in [2.05, 4.69) is 5.43 Å². The van der Waals surface area contributed by atoms with Crippen molar-refractivity contribution in [3.05, 3.63) is 68.2 Å². The first kappa shape index (κ1) is 15.6. The number of rotatable bonds is 4. The van der Waals surface area contributed by atoms with E-state index in [0.29, 0.717) is 16.5 Å². The van der Waals surface area contributed by atoms with Crippen LogP contribution < -0.4 is 11.3 Å². The normalized spacial score (nSPS) is 12.4. The molecule has 0 fully saturated rings. The van der Waals surface area contributed by atoms with Crippen molar-refractivity contribution >= 4 is 34.8 Å². The molecule has 5 heteroatoms. The summed E-state index contributed by atoms with van der Waals surface area (Å²) in [4.78, 5) is 0. The van der Waals surface area contributed by atoms with E-state index in [-0.39, 0.29) is 6.04 Å². The lowest BCUT2D eigenvalue weighted by molar-refractivity contribution is 0.552.